The Bertz CT molecular complexity index is 695. The predicted molar refractivity (Wildman–Crippen MR) is 110 cm³/mol. The standard InChI is InChI=1S/C15H24N4O4S.HI/c1-4-16-15(18-12(2)8-9-24(3,22)23)17-11-13-6-5-7-14(10-13)19(20)21;/h5-7,10,12H,4,8-9,11H2,1-3H3,(H2,16,17,18);1H. The molecule has 1 aromatic carbocycles. The highest BCUT2D eigenvalue weighted by molar-refractivity contribution is 14.0. The van der Waals surface area contributed by atoms with E-state index in [0.29, 0.717) is 18.9 Å². The number of halogens is 1. The Hall–Kier alpha value is -1.43. The summed E-state index contributed by atoms with van der Waals surface area (Å²) in [5, 5.41) is 17.0. The maximum absolute atomic E-state index is 11.2. The zero-order chi connectivity index (χ0) is 18.2. The quantitative estimate of drug-likeness (QED) is 0.192. The summed E-state index contributed by atoms with van der Waals surface area (Å²) < 4.78 is 22.4. The monoisotopic (exact) mass is 484 g/mol. The molecule has 142 valence electrons. The molecule has 0 aliphatic rings. The third-order valence-electron chi connectivity index (χ3n) is 3.19. The van der Waals surface area contributed by atoms with E-state index in [9.17, 15) is 18.5 Å². The summed E-state index contributed by atoms with van der Waals surface area (Å²) in [4.78, 5) is 14.7. The molecule has 0 saturated carbocycles. The first-order valence-corrected chi connectivity index (χ1v) is 9.73. The molecular weight excluding hydrogens is 459 g/mol. The molecule has 1 atom stereocenters. The van der Waals surface area contributed by atoms with Crippen molar-refractivity contribution in [1.82, 2.24) is 10.6 Å². The average molecular weight is 484 g/mol. The van der Waals surface area contributed by atoms with Gasteiger partial charge >= 0.3 is 0 Å². The second-order valence-electron chi connectivity index (χ2n) is 5.59. The van der Waals surface area contributed by atoms with Crippen LogP contribution in [0.1, 0.15) is 25.8 Å². The van der Waals surface area contributed by atoms with Crippen molar-refractivity contribution in [3.63, 3.8) is 0 Å². The third kappa shape index (κ3) is 10.2. The van der Waals surface area contributed by atoms with Gasteiger partial charge in [0, 0.05) is 31.0 Å². The molecule has 0 heterocycles. The van der Waals surface area contributed by atoms with Crippen LogP contribution in [0.3, 0.4) is 0 Å². The minimum Gasteiger partial charge on any atom is -0.357 e. The molecule has 0 aliphatic heterocycles. The molecule has 0 spiro atoms. The van der Waals surface area contributed by atoms with Gasteiger partial charge in [0.25, 0.3) is 5.69 Å². The molecule has 1 unspecified atom stereocenters. The fourth-order valence-corrected chi connectivity index (χ4v) is 2.74. The number of sulfone groups is 1. The van der Waals surface area contributed by atoms with Crippen molar-refractivity contribution in [1.29, 1.82) is 0 Å². The molecular formula is C15H25IN4O4S. The van der Waals surface area contributed by atoms with Gasteiger partial charge in [-0.3, -0.25) is 10.1 Å². The second kappa shape index (κ2) is 11.2. The van der Waals surface area contributed by atoms with Gasteiger partial charge in [-0.1, -0.05) is 12.1 Å². The molecule has 8 nitrogen and oxygen atoms in total. The lowest BCUT2D eigenvalue weighted by molar-refractivity contribution is -0.384. The topological polar surface area (TPSA) is 114 Å². The average Bonchev–Trinajstić information content (AvgIpc) is 2.50. The van der Waals surface area contributed by atoms with Crippen LogP contribution in [0.15, 0.2) is 29.3 Å². The highest BCUT2D eigenvalue weighted by atomic mass is 127. The fourth-order valence-electron chi connectivity index (χ4n) is 1.96. The Balaban J connectivity index is 0.00000576. The van der Waals surface area contributed by atoms with E-state index in [1.54, 1.807) is 12.1 Å². The minimum atomic E-state index is -3.00. The van der Waals surface area contributed by atoms with Crippen molar-refractivity contribution in [2.75, 3.05) is 18.6 Å². The Labute approximate surface area is 165 Å². The summed E-state index contributed by atoms with van der Waals surface area (Å²) >= 11 is 0. The lowest BCUT2D eigenvalue weighted by atomic mass is 10.2. The van der Waals surface area contributed by atoms with Crippen molar-refractivity contribution >= 4 is 45.5 Å². The van der Waals surface area contributed by atoms with Gasteiger partial charge in [-0.2, -0.15) is 0 Å². The first kappa shape index (κ1) is 23.6. The van der Waals surface area contributed by atoms with Crippen LogP contribution in [-0.2, 0) is 16.4 Å². The minimum absolute atomic E-state index is 0. The molecule has 0 aromatic heterocycles. The van der Waals surface area contributed by atoms with Gasteiger partial charge in [-0.05, 0) is 25.8 Å². The van der Waals surface area contributed by atoms with Crippen molar-refractivity contribution < 1.29 is 13.3 Å². The number of benzene rings is 1. The lowest BCUT2D eigenvalue weighted by Crippen LogP contribution is -2.42. The van der Waals surface area contributed by atoms with E-state index in [2.05, 4.69) is 15.6 Å². The summed E-state index contributed by atoms with van der Waals surface area (Å²) in [6, 6.07) is 6.25. The number of nitro benzene ring substituents is 1. The van der Waals surface area contributed by atoms with E-state index in [-0.39, 0.29) is 48.0 Å². The molecule has 10 heteroatoms. The largest absolute Gasteiger partial charge is 0.357 e. The van der Waals surface area contributed by atoms with Crippen LogP contribution in [0.5, 0.6) is 0 Å². The van der Waals surface area contributed by atoms with Gasteiger partial charge in [0.15, 0.2) is 5.96 Å². The number of hydrogen-bond donors (Lipinski definition) is 2. The predicted octanol–water partition coefficient (Wildman–Crippen LogP) is 2.09. The molecule has 0 bridgehead atoms. The number of non-ortho nitro benzene ring substituents is 1. The molecule has 0 saturated heterocycles. The normalized spacial score (nSPS) is 12.8. The summed E-state index contributed by atoms with van der Waals surface area (Å²) in [5.41, 5.74) is 0.757. The Morgan fingerprint density at radius 1 is 1.40 bits per heavy atom. The van der Waals surface area contributed by atoms with Gasteiger partial charge in [0.1, 0.15) is 9.84 Å². The van der Waals surface area contributed by atoms with E-state index < -0.39 is 14.8 Å². The zero-order valence-corrected chi connectivity index (χ0v) is 17.7. The van der Waals surface area contributed by atoms with Crippen molar-refractivity contribution in [2.45, 2.75) is 32.9 Å². The van der Waals surface area contributed by atoms with Crippen LogP contribution in [-0.4, -0.2) is 43.9 Å². The Morgan fingerprint density at radius 2 is 2.08 bits per heavy atom. The van der Waals surface area contributed by atoms with Crippen molar-refractivity contribution in [2.24, 2.45) is 4.99 Å². The van der Waals surface area contributed by atoms with E-state index in [0.717, 1.165) is 5.56 Å². The number of nitro groups is 1. The summed E-state index contributed by atoms with van der Waals surface area (Å²) in [6.07, 6.45) is 1.68. The molecule has 0 amide bonds. The number of guanidine groups is 1. The first-order valence-electron chi connectivity index (χ1n) is 7.67. The Morgan fingerprint density at radius 3 is 2.64 bits per heavy atom. The van der Waals surface area contributed by atoms with Gasteiger partial charge in [0.2, 0.25) is 0 Å². The van der Waals surface area contributed by atoms with Crippen LogP contribution in [0, 0.1) is 10.1 Å². The number of nitrogens with one attached hydrogen (secondary N) is 2. The molecule has 1 aromatic rings. The van der Waals surface area contributed by atoms with Crippen LogP contribution < -0.4 is 10.6 Å². The maximum atomic E-state index is 11.2. The third-order valence-corrected chi connectivity index (χ3v) is 4.17. The second-order valence-corrected chi connectivity index (χ2v) is 7.85. The van der Waals surface area contributed by atoms with Crippen LogP contribution in [0.4, 0.5) is 5.69 Å². The van der Waals surface area contributed by atoms with Crippen LogP contribution >= 0.6 is 24.0 Å². The smallest absolute Gasteiger partial charge is 0.269 e. The molecule has 2 N–H and O–H groups in total. The summed E-state index contributed by atoms with van der Waals surface area (Å²) in [7, 11) is -3.00. The molecule has 0 radical (unpaired) electrons. The van der Waals surface area contributed by atoms with E-state index in [1.165, 1.54) is 18.4 Å². The number of hydrogen-bond acceptors (Lipinski definition) is 5. The number of rotatable bonds is 8. The maximum Gasteiger partial charge on any atom is 0.269 e. The lowest BCUT2D eigenvalue weighted by Gasteiger charge is -2.17. The van der Waals surface area contributed by atoms with E-state index >= 15 is 0 Å². The fraction of sp³-hybridized carbons (Fsp3) is 0.533. The molecule has 1 rings (SSSR count). The number of nitrogens with zero attached hydrogens (tertiary/aromatic N) is 2. The SMILES string of the molecule is CCNC(=NCc1cccc([N+](=O)[O-])c1)NC(C)CCS(C)(=O)=O.I. The Kier molecular flexibility index (Phi) is 10.6. The molecule has 0 fully saturated rings. The first-order chi connectivity index (χ1) is 11.2. The van der Waals surface area contributed by atoms with Gasteiger partial charge < -0.3 is 10.6 Å². The highest BCUT2D eigenvalue weighted by Crippen LogP contribution is 2.13. The highest BCUT2D eigenvalue weighted by Gasteiger charge is 2.10. The van der Waals surface area contributed by atoms with Gasteiger partial charge in [-0.15, -0.1) is 24.0 Å². The molecule has 0 aliphatic carbocycles. The summed E-state index contributed by atoms with van der Waals surface area (Å²) in [5.74, 6) is 0.649. The summed E-state index contributed by atoms with van der Waals surface area (Å²) in [6.45, 7) is 4.74. The van der Waals surface area contributed by atoms with Crippen LogP contribution in [0.25, 0.3) is 0 Å². The van der Waals surface area contributed by atoms with Crippen molar-refractivity contribution in [3.8, 4) is 0 Å². The van der Waals surface area contributed by atoms with E-state index in [1.807, 2.05) is 13.8 Å². The van der Waals surface area contributed by atoms with E-state index in [4.69, 9.17) is 0 Å². The van der Waals surface area contributed by atoms with Crippen molar-refractivity contribution in [3.05, 3.63) is 39.9 Å². The number of aliphatic imine (C=N–C) groups is 1. The van der Waals surface area contributed by atoms with Crippen LogP contribution in [0.2, 0.25) is 0 Å². The van der Waals surface area contributed by atoms with Gasteiger partial charge in [0.05, 0.1) is 17.2 Å². The molecule has 25 heavy (non-hydrogen) atoms. The zero-order valence-electron chi connectivity index (χ0n) is 14.6. The van der Waals surface area contributed by atoms with Gasteiger partial charge in [-0.25, -0.2) is 13.4 Å².